The van der Waals surface area contributed by atoms with Gasteiger partial charge in [0.2, 0.25) is 0 Å². The minimum absolute atomic E-state index is 0.172. The summed E-state index contributed by atoms with van der Waals surface area (Å²) in [5, 5.41) is 1.04. The van der Waals surface area contributed by atoms with Crippen LogP contribution in [-0.4, -0.2) is 20.0 Å². The van der Waals surface area contributed by atoms with Crippen molar-refractivity contribution in [3.8, 4) is 0 Å². The number of para-hydroxylation sites is 1. The van der Waals surface area contributed by atoms with Crippen molar-refractivity contribution in [1.29, 1.82) is 0 Å². The molecule has 1 aromatic heterocycles. The Labute approximate surface area is 183 Å². The lowest BCUT2D eigenvalue weighted by Crippen LogP contribution is -2.23. The predicted octanol–water partition coefficient (Wildman–Crippen LogP) is 5.16. The van der Waals surface area contributed by atoms with Crippen LogP contribution in [0.4, 0.5) is 0 Å². The first-order valence-electron chi connectivity index (χ1n) is 10.4. The molecule has 6 heteroatoms. The molecular formula is C25H26N2O3S. The third kappa shape index (κ3) is 4.98. The van der Waals surface area contributed by atoms with Gasteiger partial charge in [0, 0.05) is 17.4 Å². The summed E-state index contributed by atoms with van der Waals surface area (Å²) in [4.78, 5) is 2.97. The molecule has 0 spiro atoms. The summed E-state index contributed by atoms with van der Waals surface area (Å²) in [6, 6.07) is 17.1. The molecule has 0 saturated carbocycles. The van der Waals surface area contributed by atoms with Crippen LogP contribution < -0.4 is 4.72 Å². The summed E-state index contributed by atoms with van der Waals surface area (Å²) in [5.41, 5.74) is 3.89. The maximum atomic E-state index is 12.7. The number of sulfonamides is 1. The average Bonchev–Trinajstić information content (AvgIpc) is 3.12. The molecule has 31 heavy (non-hydrogen) atoms. The van der Waals surface area contributed by atoms with Gasteiger partial charge in [0.25, 0.3) is 10.0 Å². The molecule has 1 unspecified atom stereocenters. The molecule has 0 amide bonds. The van der Waals surface area contributed by atoms with Crippen molar-refractivity contribution in [2.75, 3.05) is 6.61 Å². The average molecular weight is 435 g/mol. The van der Waals surface area contributed by atoms with E-state index in [2.05, 4.69) is 34.9 Å². The maximum absolute atomic E-state index is 12.7. The molecule has 1 aliphatic rings. The first-order valence-corrected chi connectivity index (χ1v) is 11.8. The topological polar surface area (TPSA) is 71.2 Å². The van der Waals surface area contributed by atoms with Crippen LogP contribution >= 0.6 is 0 Å². The lowest BCUT2D eigenvalue weighted by Gasteiger charge is -2.08. The van der Waals surface area contributed by atoms with Crippen LogP contribution in [0.2, 0.25) is 0 Å². The minimum Gasteiger partial charge on any atom is -0.494 e. The summed E-state index contributed by atoms with van der Waals surface area (Å²) >= 11 is 0. The second-order valence-electron chi connectivity index (χ2n) is 7.56. The number of nitrogens with one attached hydrogen (secondary N) is 2. The van der Waals surface area contributed by atoms with Gasteiger partial charge < -0.3 is 9.72 Å². The van der Waals surface area contributed by atoms with Crippen molar-refractivity contribution in [1.82, 2.24) is 9.71 Å². The molecule has 0 saturated heterocycles. The minimum atomic E-state index is -3.62. The highest BCUT2D eigenvalue weighted by atomic mass is 32.2. The molecule has 1 heterocycles. The third-order valence-corrected chi connectivity index (χ3v) is 6.48. The summed E-state index contributed by atoms with van der Waals surface area (Å²) < 4.78 is 33.6. The number of H-pyrrole nitrogens is 1. The quantitative estimate of drug-likeness (QED) is 0.540. The lowest BCUT2D eigenvalue weighted by atomic mass is 10.0. The maximum Gasteiger partial charge on any atom is 0.256 e. The van der Waals surface area contributed by atoms with E-state index in [0.717, 1.165) is 33.4 Å². The van der Waals surface area contributed by atoms with E-state index in [1.807, 2.05) is 61.5 Å². The Morgan fingerprint density at radius 2 is 1.81 bits per heavy atom. The summed E-state index contributed by atoms with van der Waals surface area (Å²) in [7, 11) is -3.62. The predicted molar refractivity (Wildman–Crippen MR) is 125 cm³/mol. The van der Waals surface area contributed by atoms with Gasteiger partial charge in [0.1, 0.15) is 10.8 Å². The molecular weight excluding hydrogens is 408 g/mol. The first-order chi connectivity index (χ1) is 14.9. The molecule has 3 aromatic rings. The Balaban J connectivity index is 1.44. The van der Waals surface area contributed by atoms with Crippen molar-refractivity contribution < 1.29 is 13.2 Å². The van der Waals surface area contributed by atoms with Gasteiger partial charge in [-0.3, -0.25) is 0 Å². The fraction of sp³-hybridized carbons (Fsp3) is 0.200. The fourth-order valence-corrected chi connectivity index (χ4v) is 4.63. The molecule has 5 nitrogen and oxygen atoms in total. The lowest BCUT2D eigenvalue weighted by molar-refractivity contribution is 0.240. The zero-order valence-electron chi connectivity index (χ0n) is 17.6. The number of rotatable bonds is 7. The van der Waals surface area contributed by atoms with E-state index >= 15 is 0 Å². The van der Waals surface area contributed by atoms with Crippen molar-refractivity contribution in [3.63, 3.8) is 0 Å². The number of hydrogen-bond donors (Lipinski definition) is 2. The molecule has 0 bridgehead atoms. The van der Waals surface area contributed by atoms with Crippen LogP contribution in [0.5, 0.6) is 0 Å². The van der Waals surface area contributed by atoms with Gasteiger partial charge >= 0.3 is 0 Å². The highest BCUT2D eigenvalue weighted by Crippen LogP contribution is 2.24. The summed E-state index contributed by atoms with van der Waals surface area (Å²) in [6.45, 7) is 4.96. The van der Waals surface area contributed by atoms with Crippen LogP contribution in [0.15, 0.2) is 89.7 Å². The first kappa shape index (κ1) is 21.2. The molecule has 1 atom stereocenters. The summed E-state index contributed by atoms with van der Waals surface area (Å²) in [6.07, 6.45) is 8.33. The SMILES string of the molecule is CCOC1=CC(C)C=C(c2ccc(CNS(=O)(=O)c3cc4ccccc4[nH]3)cc2)C=C1. The van der Waals surface area contributed by atoms with E-state index in [0.29, 0.717) is 6.61 Å². The van der Waals surface area contributed by atoms with E-state index in [9.17, 15) is 8.42 Å². The van der Waals surface area contributed by atoms with Crippen LogP contribution in [0.3, 0.4) is 0 Å². The number of benzene rings is 2. The Morgan fingerprint density at radius 1 is 1.03 bits per heavy atom. The molecule has 160 valence electrons. The standard InChI is InChI=1S/C25H26N2O3S/c1-3-30-23-13-12-21(14-18(2)15-23)20-10-8-19(9-11-20)17-26-31(28,29)25-16-22-6-4-5-7-24(22)27-25/h4-16,18,26-27H,3,17H2,1-2H3. The molecule has 2 aromatic carbocycles. The third-order valence-electron chi connectivity index (χ3n) is 5.16. The molecule has 2 N–H and O–H groups in total. The molecule has 0 aliphatic heterocycles. The monoisotopic (exact) mass is 434 g/mol. The normalized spacial score (nSPS) is 16.6. The van der Waals surface area contributed by atoms with Crippen molar-refractivity contribution in [2.24, 2.45) is 5.92 Å². The van der Waals surface area contributed by atoms with Gasteiger partial charge in [-0.15, -0.1) is 0 Å². The highest BCUT2D eigenvalue weighted by molar-refractivity contribution is 7.89. The van der Waals surface area contributed by atoms with Gasteiger partial charge in [-0.1, -0.05) is 61.5 Å². The zero-order valence-corrected chi connectivity index (χ0v) is 18.4. The van der Waals surface area contributed by atoms with Gasteiger partial charge in [-0.25, -0.2) is 13.1 Å². The Morgan fingerprint density at radius 3 is 2.55 bits per heavy atom. The van der Waals surface area contributed by atoms with Gasteiger partial charge in [0.05, 0.1) is 6.61 Å². The Kier molecular flexibility index (Phi) is 6.11. The van der Waals surface area contributed by atoms with Gasteiger partial charge in [-0.2, -0.15) is 0 Å². The van der Waals surface area contributed by atoms with E-state index in [4.69, 9.17) is 4.74 Å². The number of hydrogen-bond acceptors (Lipinski definition) is 3. The second kappa shape index (κ2) is 8.96. The van der Waals surface area contributed by atoms with Crippen molar-refractivity contribution >= 4 is 26.5 Å². The number of aromatic amines is 1. The van der Waals surface area contributed by atoms with E-state index in [1.54, 1.807) is 6.07 Å². The Bertz CT molecular complexity index is 1230. The van der Waals surface area contributed by atoms with Crippen LogP contribution in [0.1, 0.15) is 25.0 Å². The van der Waals surface area contributed by atoms with E-state index in [1.165, 1.54) is 0 Å². The van der Waals surface area contributed by atoms with Crippen LogP contribution in [0, 0.1) is 5.92 Å². The summed E-state index contributed by atoms with van der Waals surface area (Å²) in [5.74, 6) is 1.14. The van der Waals surface area contributed by atoms with Crippen LogP contribution in [-0.2, 0) is 21.3 Å². The van der Waals surface area contributed by atoms with Crippen molar-refractivity contribution in [3.05, 3.63) is 95.8 Å². The number of ether oxygens (including phenoxy) is 1. The molecule has 0 radical (unpaired) electrons. The Hall–Kier alpha value is -3.09. The molecule has 1 aliphatic carbocycles. The fourth-order valence-electron chi connectivity index (χ4n) is 3.59. The number of fused-ring (bicyclic) bond motifs is 1. The van der Waals surface area contributed by atoms with Crippen molar-refractivity contribution in [2.45, 2.75) is 25.4 Å². The largest absolute Gasteiger partial charge is 0.494 e. The zero-order chi connectivity index (χ0) is 21.8. The highest BCUT2D eigenvalue weighted by Gasteiger charge is 2.16. The molecule has 4 rings (SSSR count). The smallest absolute Gasteiger partial charge is 0.256 e. The second-order valence-corrected chi connectivity index (χ2v) is 9.29. The van der Waals surface area contributed by atoms with Gasteiger partial charge in [-0.05, 0) is 53.8 Å². The number of allylic oxidation sites excluding steroid dienone is 5. The van der Waals surface area contributed by atoms with E-state index in [-0.39, 0.29) is 17.5 Å². The number of aromatic nitrogens is 1. The van der Waals surface area contributed by atoms with E-state index < -0.39 is 10.0 Å². The van der Waals surface area contributed by atoms with Gasteiger partial charge in [0.15, 0.2) is 0 Å². The molecule has 0 fully saturated rings. The van der Waals surface area contributed by atoms with Crippen LogP contribution in [0.25, 0.3) is 16.5 Å².